The summed E-state index contributed by atoms with van der Waals surface area (Å²) in [6.07, 6.45) is 1.15. The van der Waals surface area contributed by atoms with Crippen LogP contribution in [0.5, 0.6) is 0 Å². The highest BCUT2D eigenvalue weighted by atomic mass is 16.5. The van der Waals surface area contributed by atoms with Crippen molar-refractivity contribution in [1.82, 2.24) is 0 Å². The Balaban J connectivity index is 2.14. The molecule has 0 aromatic heterocycles. The van der Waals surface area contributed by atoms with Crippen molar-refractivity contribution in [2.45, 2.75) is 46.3 Å². The molecule has 0 saturated heterocycles. The van der Waals surface area contributed by atoms with Crippen molar-refractivity contribution in [3.8, 4) is 0 Å². The first-order valence-electron chi connectivity index (χ1n) is 7.08. The number of rotatable bonds is 5. The van der Waals surface area contributed by atoms with Crippen molar-refractivity contribution in [2.24, 2.45) is 5.41 Å². The second-order valence-electron chi connectivity index (χ2n) is 6.05. The maximum atomic E-state index is 11.3. The average Bonchev–Trinajstić information content (AvgIpc) is 2.39. The van der Waals surface area contributed by atoms with Crippen molar-refractivity contribution < 1.29 is 14.6 Å². The summed E-state index contributed by atoms with van der Waals surface area (Å²) in [6, 6.07) is 5.72. The number of hydrogen-bond acceptors (Lipinski definition) is 3. The number of hydrogen-bond donors (Lipinski definition) is 2. The zero-order valence-corrected chi connectivity index (χ0v) is 12.6. The predicted octanol–water partition coefficient (Wildman–Crippen LogP) is 3.31. The minimum absolute atomic E-state index is 0.0106. The van der Waals surface area contributed by atoms with Gasteiger partial charge in [-0.1, -0.05) is 25.5 Å². The molecule has 110 valence electrons. The van der Waals surface area contributed by atoms with E-state index in [9.17, 15) is 9.90 Å². The molecule has 2 rings (SSSR count). The van der Waals surface area contributed by atoms with Crippen molar-refractivity contribution in [2.75, 3.05) is 11.9 Å². The fourth-order valence-electron chi connectivity index (χ4n) is 2.76. The lowest BCUT2D eigenvalue weighted by Crippen LogP contribution is -2.58. The van der Waals surface area contributed by atoms with Crippen LogP contribution in [0.4, 0.5) is 5.69 Å². The van der Waals surface area contributed by atoms with E-state index in [1.54, 1.807) is 6.07 Å². The standard InChI is InChI=1S/C16H23NO3/c1-5-20-14-9-13(16(14,3)4)17-12-7-6-10(2)8-11(12)15(18)19/h6-8,13-14,17H,5,9H2,1-4H3,(H,18,19). The van der Waals surface area contributed by atoms with E-state index in [0.717, 1.165) is 12.0 Å². The van der Waals surface area contributed by atoms with E-state index in [1.807, 2.05) is 26.0 Å². The molecule has 1 aromatic rings. The summed E-state index contributed by atoms with van der Waals surface area (Å²) < 4.78 is 5.70. The highest BCUT2D eigenvalue weighted by Gasteiger charge is 2.49. The van der Waals surface area contributed by atoms with Gasteiger partial charge in [-0.25, -0.2) is 4.79 Å². The molecule has 0 bridgehead atoms. The molecule has 0 radical (unpaired) electrons. The fraction of sp³-hybridized carbons (Fsp3) is 0.562. The number of benzene rings is 1. The summed E-state index contributed by atoms with van der Waals surface area (Å²) in [6.45, 7) is 8.92. The van der Waals surface area contributed by atoms with Crippen LogP contribution in [0.2, 0.25) is 0 Å². The zero-order valence-electron chi connectivity index (χ0n) is 12.6. The molecule has 4 heteroatoms. The van der Waals surface area contributed by atoms with Gasteiger partial charge in [-0.15, -0.1) is 0 Å². The Kier molecular flexibility index (Phi) is 4.04. The highest BCUT2D eigenvalue weighted by Crippen LogP contribution is 2.44. The Morgan fingerprint density at radius 2 is 2.20 bits per heavy atom. The largest absolute Gasteiger partial charge is 0.478 e. The molecule has 4 nitrogen and oxygen atoms in total. The number of aromatic carboxylic acids is 1. The van der Waals surface area contributed by atoms with Crippen LogP contribution in [0, 0.1) is 12.3 Å². The SMILES string of the molecule is CCOC1CC(Nc2ccc(C)cc2C(=O)O)C1(C)C. The van der Waals surface area contributed by atoms with Gasteiger partial charge in [0.2, 0.25) is 0 Å². The second kappa shape index (κ2) is 5.44. The molecule has 20 heavy (non-hydrogen) atoms. The predicted molar refractivity (Wildman–Crippen MR) is 79.4 cm³/mol. The monoisotopic (exact) mass is 277 g/mol. The second-order valence-corrected chi connectivity index (χ2v) is 6.05. The maximum absolute atomic E-state index is 11.3. The van der Waals surface area contributed by atoms with Gasteiger partial charge in [0.25, 0.3) is 0 Å². The van der Waals surface area contributed by atoms with Crippen LogP contribution in [-0.2, 0) is 4.74 Å². The Morgan fingerprint density at radius 3 is 2.75 bits per heavy atom. The minimum Gasteiger partial charge on any atom is -0.478 e. The van der Waals surface area contributed by atoms with E-state index in [0.29, 0.717) is 17.9 Å². The lowest BCUT2D eigenvalue weighted by molar-refractivity contribution is -0.0976. The van der Waals surface area contributed by atoms with Gasteiger partial charge in [-0.3, -0.25) is 0 Å². The van der Waals surface area contributed by atoms with Crippen LogP contribution in [0.15, 0.2) is 18.2 Å². The smallest absolute Gasteiger partial charge is 0.337 e. The number of anilines is 1. The van der Waals surface area contributed by atoms with E-state index < -0.39 is 5.97 Å². The summed E-state index contributed by atoms with van der Waals surface area (Å²) >= 11 is 0. The number of nitrogens with one attached hydrogen (secondary N) is 1. The molecule has 0 aliphatic heterocycles. The van der Waals surface area contributed by atoms with Gasteiger partial charge in [0, 0.05) is 23.8 Å². The molecule has 1 fully saturated rings. The van der Waals surface area contributed by atoms with Crippen LogP contribution in [-0.4, -0.2) is 29.8 Å². The van der Waals surface area contributed by atoms with Gasteiger partial charge in [0.1, 0.15) is 0 Å². The summed E-state index contributed by atoms with van der Waals surface area (Å²) in [5.41, 5.74) is 1.99. The van der Waals surface area contributed by atoms with Gasteiger partial charge in [-0.2, -0.15) is 0 Å². The molecular formula is C16H23NO3. The Morgan fingerprint density at radius 1 is 1.50 bits per heavy atom. The molecule has 1 aliphatic rings. The molecule has 2 unspecified atom stereocenters. The number of carboxylic acids is 1. The van der Waals surface area contributed by atoms with E-state index in [-0.39, 0.29) is 17.6 Å². The molecule has 2 atom stereocenters. The third kappa shape index (κ3) is 2.66. The van der Waals surface area contributed by atoms with Gasteiger partial charge >= 0.3 is 5.97 Å². The van der Waals surface area contributed by atoms with Crippen LogP contribution in [0.1, 0.15) is 43.1 Å². The first-order chi connectivity index (χ1) is 9.36. The number of carbonyl (C=O) groups is 1. The van der Waals surface area contributed by atoms with Crippen molar-refractivity contribution in [3.63, 3.8) is 0 Å². The van der Waals surface area contributed by atoms with Crippen molar-refractivity contribution >= 4 is 11.7 Å². The molecule has 2 N–H and O–H groups in total. The average molecular weight is 277 g/mol. The molecule has 0 spiro atoms. The van der Waals surface area contributed by atoms with Crippen LogP contribution in [0.25, 0.3) is 0 Å². The third-order valence-corrected chi connectivity index (χ3v) is 4.28. The zero-order chi connectivity index (χ0) is 14.9. The van der Waals surface area contributed by atoms with Crippen molar-refractivity contribution in [3.05, 3.63) is 29.3 Å². The molecule has 0 heterocycles. The lowest BCUT2D eigenvalue weighted by atomic mass is 9.64. The minimum atomic E-state index is -0.894. The molecule has 1 saturated carbocycles. The highest BCUT2D eigenvalue weighted by molar-refractivity contribution is 5.94. The summed E-state index contributed by atoms with van der Waals surface area (Å²) in [5, 5.41) is 12.7. The number of ether oxygens (including phenoxy) is 1. The Labute approximate surface area is 120 Å². The fourth-order valence-corrected chi connectivity index (χ4v) is 2.76. The van der Waals surface area contributed by atoms with E-state index in [4.69, 9.17) is 4.74 Å². The molecule has 0 amide bonds. The van der Waals surface area contributed by atoms with Gasteiger partial charge < -0.3 is 15.2 Å². The molecular weight excluding hydrogens is 254 g/mol. The quantitative estimate of drug-likeness (QED) is 0.867. The van der Waals surface area contributed by atoms with Crippen LogP contribution >= 0.6 is 0 Å². The Bertz CT molecular complexity index is 510. The van der Waals surface area contributed by atoms with Crippen LogP contribution < -0.4 is 5.32 Å². The van der Waals surface area contributed by atoms with Gasteiger partial charge in [0.15, 0.2) is 0 Å². The molecule has 1 aromatic carbocycles. The summed E-state index contributed by atoms with van der Waals surface area (Å²) in [4.78, 5) is 11.3. The normalized spacial score (nSPS) is 24.0. The first-order valence-corrected chi connectivity index (χ1v) is 7.08. The van der Waals surface area contributed by atoms with E-state index >= 15 is 0 Å². The lowest BCUT2D eigenvalue weighted by Gasteiger charge is -2.52. The summed E-state index contributed by atoms with van der Waals surface area (Å²) in [7, 11) is 0. The Hall–Kier alpha value is -1.55. The third-order valence-electron chi connectivity index (χ3n) is 4.28. The summed E-state index contributed by atoms with van der Waals surface area (Å²) in [5.74, 6) is -0.894. The number of aryl methyl sites for hydroxylation is 1. The number of carboxylic acid groups (broad SMARTS) is 1. The van der Waals surface area contributed by atoms with Crippen LogP contribution in [0.3, 0.4) is 0 Å². The van der Waals surface area contributed by atoms with Crippen molar-refractivity contribution in [1.29, 1.82) is 0 Å². The van der Waals surface area contributed by atoms with E-state index in [2.05, 4.69) is 19.2 Å². The maximum Gasteiger partial charge on any atom is 0.337 e. The van der Waals surface area contributed by atoms with Gasteiger partial charge in [0.05, 0.1) is 11.7 Å². The van der Waals surface area contributed by atoms with E-state index in [1.165, 1.54) is 0 Å². The topological polar surface area (TPSA) is 58.6 Å². The molecule has 1 aliphatic carbocycles. The van der Waals surface area contributed by atoms with Gasteiger partial charge in [-0.05, 0) is 32.4 Å². The first kappa shape index (κ1) is 14.9.